The minimum atomic E-state index is -0.519. The van der Waals surface area contributed by atoms with Crippen LogP contribution in [0, 0.1) is 5.92 Å². The number of aliphatic hydroxyl groups excluding tert-OH is 1. The highest BCUT2D eigenvalue weighted by Gasteiger charge is 2.23. The third-order valence-corrected chi connectivity index (χ3v) is 6.57. The molecule has 0 unspecified atom stereocenters. The molecule has 2 heterocycles. The number of thioether (sulfide) groups is 1. The highest BCUT2D eigenvalue weighted by atomic mass is 32.2. The molecule has 3 N–H and O–H groups in total. The number of likely N-dealkylation sites (tertiary alicyclic amines) is 1. The summed E-state index contributed by atoms with van der Waals surface area (Å²) in [5.74, 6) is 3.40. The van der Waals surface area contributed by atoms with E-state index in [1.807, 2.05) is 30.0 Å². The summed E-state index contributed by atoms with van der Waals surface area (Å²) in [4.78, 5) is 15.9. The standard InChI is InChI=1S/C21H33N3O4S/c1-27-20-12-16(13-23-6-4-17(5-7-23)21(22)26)2-3-19(20)28-15-18(25)14-24-8-10-29-11-9-24/h2-3,12,17-18,25H,4-11,13-15H2,1H3,(H2,22,26)/t18-/m0/s1. The fraction of sp³-hybridized carbons (Fsp3) is 0.667. The van der Waals surface area contributed by atoms with Gasteiger partial charge in [-0.2, -0.15) is 11.8 Å². The molecule has 2 fully saturated rings. The summed E-state index contributed by atoms with van der Waals surface area (Å²) in [6, 6.07) is 5.94. The number of amides is 1. The number of nitrogens with two attached hydrogens (primary N) is 1. The average Bonchev–Trinajstić information content (AvgIpc) is 2.74. The lowest BCUT2D eigenvalue weighted by atomic mass is 9.96. The summed E-state index contributed by atoms with van der Waals surface area (Å²) in [5, 5.41) is 10.3. The molecule has 8 heteroatoms. The van der Waals surface area contributed by atoms with Crippen molar-refractivity contribution in [3.8, 4) is 11.5 Å². The highest BCUT2D eigenvalue weighted by Crippen LogP contribution is 2.29. The number of carbonyl (C=O) groups excluding carboxylic acids is 1. The van der Waals surface area contributed by atoms with Crippen LogP contribution in [0.15, 0.2) is 18.2 Å². The third-order valence-electron chi connectivity index (χ3n) is 5.63. The first kappa shape index (κ1) is 22.2. The molecule has 0 saturated carbocycles. The van der Waals surface area contributed by atoms with E-state index in [2.05, 4.69) is 9.80 Å². The van der Waals surface area contributed by atoms with Crippen molar-refractivity contribution in [1.29, 1.82) is 0 Å². The van der Waals surface area contributed by atoms with E-state index in [4.69, 9.17) is 15.2 Å². The molecule has 1 aromatic carbocycles. The number of hydrogen-bond acceptors (Lipinski definition) is 7. The quantitative estimate of drug-likeness (QED) is 0.617. The van der Waals surface area contributed by atoms with Crippen molar-refractivity contribution >= 4 is 17.7 Å². The first-order valence-corrected chi connectivity index (χ1v) is 11.5. The van der Waals surface area contributed by atoms with Crippen molar-refractivity contribution in [2.75, 3.05) is 57.9 Å². The first-order valence-electron chi connectivity index (χ1n) is 10.3. The van der Waals surface area contributed by atoms with Gasteiger partial charge in [-0.1, -0.05) is 6.07 Å². The van der Waals surface area contributed by atoms with Crippen LogP contribution in [-0.2, 0) is 11.3 Å². The van der Waals surface area contributed by atoms with Crippen molar-refractivity contribution in [2.24, 2.45) is 11.7 Å². The summed E-state index contributed by atoms with van der Waals surface area (Å²) >= 11 is 1.96. The third kappa shape index (κ3) is 6.77. The lowest BCUT2D eigenvalue weighted by molar-refractivity contribution is -0.123. The van der Waals surface area contributed by atoms with E-state index in [1.54, 1.807) is 7.11 Å². The second-order valence-corrected chi connectivity index (χ2v) is 9.04. The molecule has 0 spiro atoms. The Kier molecular flexibility index (Phi) is 8.47. The van der Waals surface area contributed by atoms with Crippen LogP contribution in [0.5, 0.6) is 11.5 Å². The van der Waals surface area contributed by atoms with E-state index < -0.39 is 6.10 Å². The van der Waals surface area contributed by atoms with E-state index in [0.29, 0.717) is 18.0 Å². The number of aliphatic hydroxyl groups is 1. The van der Waals surface area contributed by atoms with Crippen molar-refractivity contribution in [1.82, 2.24) is 9.80 Å². The van der Waals surface area contributed by atoms with Crippen LogP contribution < -0.4 is 15.2 Å². The molecule has 2 saturated heterocycles. The maximum atomic E-state index is 11.3. The van der Waals surface area contributed by atoms with Crippen molar-refractivity contribution in [3.05, 3.63) is 23.8 Å². The Morgan fingerprint density at radius 2 is 1.93 bits per heavy atom. The van der Waals surface area contributed by atoms with Gasteiger partial charge < -0.3 is 20.3 Å². The molecule has 2 aliphatic heterocycles. The molecule has 2 aliphatic rings. The summed E-state index contributed by atoms with van der Waals surface area (Å²) in [5.41, 5.74) is 6.55. The highest BCUT2D eigenvalue weighted by molar-refractivity contribution is 7.99. The molecule has 1 atom stereocenters. The van der Waals surface area contributed by atoms with E-state index in [9.17, 15) is 9.90 Å². The molecule has 0 bridgehead atoms. The molecule has 1 aromatic rings. The molecule has 1 amide bonds. The van der Waals surface area contributed by atoms with Gasteiger partial charge in [0.05, 0.1) is 7.11 Å². The monoisotopic (exact) mass is 423 g/mol. The molecule has 7 nitrogen and oxygen atoms in total. The second-order valence-electron chi connectivity index (χ2n) is 7.82. The SMILES string of the molecule is COc1cc(CN2CCC(C(N)=O)CC2)ccc1OC[C@@H](O)CN1CCSCC1. The van der Waals surface area contributed by atoms with Gasteiger partial charge in [0, 0.05) is 43.6 Å². The van der Waals surface area contributed by atoms with E-state index in [1.165, 1.54) is 0 Å². The maximum absolute atomic E-state index is 11.3. The Hall–Kier alpha value is -1.48. The van der Waals surface area contributed by atoms with Gasteiger partial charge in [-0.25, -0.2) is 0 Å². The Labute approximate surface area is 177 Å². The predicted octanol–water partition coefficient (Wildman–Crippen LogP) is 1.18. The number of primary amides is 1. The topological polar surface area (TPSA) is 88.3 Å². The molecule has 162 valence electrons. The summed E-state index contributed by atoms with van der Waals surface area (Å²) in [7, 11) is 1.63. The fourth-order valence-corrected chi connectivity index (χ4v) is 4.86. The predicted molar refractivity (Wildman–Crippen MR) is 115 cm³/mol. The number of β-amino-alcohol motifs (C(OH)–C–C–N with tert-alkyl or cyclic N) is 1. The fourth-order valence-electron chi connectivity index (χ4n) is 3.88. The Balaban J connectivity index is 1.48. The van der Waals surface area contributed by atoms with Gasteiger partial charge in [0.1, 0.15) is 12.7 Å². The molecule has 0 radical (unpaired) electrons. The summed E-state index contributed by atoms with van der Waals surface area (Å²) in [6.45, 7) is 5.48. The number of piperidine rings is 1. The van der Waals surface area contributed by atoms with Crippen LogP contribution in [0.1, 0.15) is 18.4 Å². The maximum Gasteiger partial charge on any atom is 0.220 e. The van der Waals surface area contributed by atoms with Crippen molar-refractivity contribution < 1.29 is 19.4 Å². The number of methoxy groups -OCH3 is 1. The second kappa shape index (κ2) is 11.1. The summed E-state index contributed by atoms with van der Waals surface area (Å²) in [6.07, 6.45) is 1.12. The van der Waals surface area contributed by atoms with Gasteiger partial charge in [-0.15, -0.1) is 0 Å². The normalized spacial score (nSPS) is 20.3. The smallest absolute Gasteiger partial charge is 0.220 e. The minimum Gasteiger partial charge on any atom is -0.493 e. The van der Waals surface area contributed by atoms with Crippen LogP contribution in [0.4, 0.5) is 0 Å². The lowest BCUT2D eigenvalue weighted by Gasteiger charge is -2.30. The molecular formula is C21H33N3O4S. The van der Waals surface area contributed by atoms with E-state index >= 15 is 0 Å². The zero-order valence-corrected chi connectivity index (χ0v) is 18.0. The lowest BCUT2D eigenvalue weighted by Crippen LogP contribution is -2.40. The number of carbonyl (C=O) groups is 1. The zero-order chi connectivity index (χ0) is 20.6. The van der Waals surface area contributed by atoms with E-state index in [-0.39, 0.29) is 18.4 Å². The number of rotatable bonds is 9. The number of benzene rings is 1. The number of ether oxygens (including phenoxy) is 2. The van der Waals surface area contributed by atoms with E-state index in [0.717, 1.165) is 62.6 Å². The van der Waals surface area contributed by atoms with Gasteiger partial charge in [0.25, 0.3) is 0 Å². The number of nitrogens with zero attached hydrogens (tertiary/aromatic N) is 2. The molecule has 0 aromatic heterocycles. The van der Waals surface area contributed by atoms with Gasteiger partial charge >= 0.3 is 0 Å². The van der Waals surface area contributed by atoms with Gasteiger partial charge in [-0.05, 0) is 43.6 Å². The van der Waals surface area contributed by atoms with Crippen LogP contribution in [-0.4, -0.2) is 84.9 Å². The van der Waals surface area contributed by atoms with Crippen LogP contribution in [0.2, 0.25) is 0 Å². The molecule has 0 aliphatic carbocycles. The molecule has 3 rings (SSSR count). The van der Waals surface area contributed by atoms with Crippen LogP contribution in [0.3, 0.4) is 0 Å². The Morgan fingerprint density at radius 1 is 1.21 bits per heavy atom. The van der Waals surface area contributed by atoms with Gasteiger partial charge in [0.2, 0.25) is 5.91 Å². The largest absolute Gasteiger partial charge is 0.493 e. The van der Waals surface area contributed by atoms with Crippen LogP contribution in [0.25, 0.3) is 0 Å². The Bertz CT molecular complexity index is 661. The first-order chi connectivity index (χ1) is 14.0. The average molecular weight is 424 g/mol. The van der Waals surface area contributed by atoms with Crippen molar-refractivity contribution in [2.45, 2.75) is 25.5 Å². The zero-order valence-electron chi connectivity index (χ0n) is 17.2. The Morgan fingerprint density at radius 3 is 2.59 bits per heavy atom. The van der Waals surface area contributed by atoms with Gasteiger partial charge in [0.15, 0.2) is 11.5 Å². The molecule has 29 heavy (non-hydrogen) atoms. The van der Waals surface area contributed by atoms with Crippen molar-refractivity contribution in [3.63, 3.8) is 0 Å². The minimum absolute atomic E-state index is 0.00619. The van der Waals surface area contributed by atoms with Crippen LogP contribution >= 0.6 is 11.8 Å². The summed E-state index contributed by atoms with van der Waals surface area (Å²) < 4.78 is 11.4. The number of hydrogen-bond donors (Lipinski definition) is 2. The molecular weight excluding hydrogens is 390 g/mol. The van der Waals surface area contributed by atoms with Gasteiger partial charge in [-0.3, -0.25) is 14.6 Å².